The van der Waals surface area contributed by atoms with Gasteiger partial charge in [0.05, 0.1) is 23.9 Å². The molecule has 3 aromatic rings. The predicted molar refractivity (Wildman–Crippen MR) is 116 cm³/mol. The lowest BCUT2D eigenvalue weighted by Gasteiger charge is -2.20. The van der Waals surface area contributed by atoms with Crippen LogP contribution >= 0.6 is 11.6 Å². The fraction of sp³-hybridized carbons (Fsp3) is 0.304. The quantitative estimate of drug-likeness (QED) is 0.678. The lowest BCUT2D eigenvalue weighted by atomic mass is 10.1. The summed E-state index contributed by atoms with van der Waals surface area (Å²) < 4.78 is 7.36. The first-order chi connectivity index (χ1) is 15.1. The molecule has 1 amide bonds. The van der Waals surface area contributed by atoms with Crippen molar-refractivity contribution in [2.75, 3.05) is 6.61 Å². The van der Waals surface area contributed by atoms with Gasteiger partial charge >= 0.3 is 0 Å². The highest BCUT2D eigenvalue weighted by Gasteiger charge is 2.27. The van der Waals surface area contributed by atoms with Crippen molar-refractivity contribution in [2.45, 2.75) is 38.3 Å². The number of benzene rings is 1. The van der Waals surface area contributed by atoms with E-state index in [9.17, 15) is 9.59 Å². The van der Waals surface area contributed by atoms with Gasteiger partial charge in [0.1, 0.15) is 11.6 Å². The SMILES string of the molecule is O=C(NC1CCCCn2c1nc(-c1ccncc1)cc2=O)c1cc(Cl)cc2c1OCC2. The van der Waals surface area contributed by atoms with Crippen LogP contribution in [0.15, 0.2) is 47.5 Å². The molecular weight excluding hydrogens is 416 g/mol. The Morgan fingerprint density at radius 1 is 1.19 bits per heavy atom. The number of nitrogens with zero attached hydrogens (tertiary/aromatic N) is 3. The first-order valence-electron chi connectivity index (χ1n) is 10.4. The van der Waals surface area contributed by atoms with Gasteiger partial charge in [-0.2, -0.15) is 0 Å². The van der Waals surface area contributed by atoms with Crippen molar-refractivity contribution in [1.29, 1.82) is 0 Å². The molecule has 4 heterocycles. The van der Waals surface area contributed by atoms with E-state index in [1.54, 1.807) is 29.1 Å². The molecule has 2 aliphatic heterocycles. The third-order valence-electron chi connectivity index (χ3n) is 5.75. The molecule has 1 atom stereocenters. The lowest BCUT2D eigenvalue weighted by Crippen LogP contribution is -2.34. The maximum absolute atomic E-state index is 13.2. The number of hydrogen-bond donors (Lipinski definition) is 1. The summed E-state index contributed by atoms with van der Waals surface area (Å²) in [5.74, 6) is 0.888. The van der Waals surface area contributed by atoms with E-state index < -0.39 is 0 Å². The number of nitrogens with one attached hydrogen (secondary N) is 1. The average Bonchev–Trinajstić information content (AvgIpc) is 3.15. The Labute approximate surface area is 184 Å². The van der Waals surface area contributed by atoms with Crippen LogP contribution in [0.2, 0.25) is 5.02 Å². The third kappa shape index (κ3) is 3.81. The first-order valence-corrected chi connectivity index (χ1v) is 10.8. The molecule has 1 unspecified atom stereocenters. The molecule has 0 aliphatic carbocycles. The second-order valence-electron chi connectivity index (χ2n) is 7.79. The molecule has 2 aliphatic rings. The molecule has 31 heavy (non-hydrogen) atoms. The van der Waals surface area contributed by atoms with Gasteiger partial charge in [-0.15, -0.1) is 0 Å². The Hall–Kier alpha value is -3.19. The Balaban J connectivity index is 1.52. The molecule has 1 N–H and O–H groups in total. The highest BCUT2D eigenvalue weighted by molar-refractivity contribution is 6.31. The Morgan fingerprint density at radius 3 is 2.87 bits per heavy atom. The van der Waals surface area contributed by atoms with Crippen LogP contribution in [0.1, 0.15) is 47.1 Å². The highest BCUT2D eigenvalue weighted by atomic mass is 35.5. The predicted octanol–water partition coefficient (Wildman–Crippen LogP) is 3.55. The minimum absolute atomic E-state index is 0.120. The standard InChI is InChI=1S/C23H21ClN4O3/c24-16-11-15-6-10-31-21(15)17(12-16)23(30)27-18-3-1-2-9-28-20(29)13-19(26-22(18)28)14-4-7-25-8-5-14/h4-5,7-8,11-13,18H,1-3,6,9-10H2,(H,27,30). The van der Waals surface area contributed by atoms with Crippen LogP contribution in [0, 0.1) is 0 Å². The number of hydrogen-bond acceptors (Lipinski definition) is 5. The van der Waals surface area contributed by atoms with E-state index in [1.807, 2.05) is 18.2 Å². The van der Waals surface area contributed by atoms with E-state index in [-0.39, 0.29) is 17.5 Å². The summed E-state index contributed by atoms with van der Waals surface area (Å²) in [6.07, 6.45) is 6.49. The second-order valence-corrected chi connectivity index (χ2v) is 8.22. The van der Waals surface area contributed by atoms with Crippen LogP contribution in [-0.4, -0.2) is 27.0 Å². The Kier molecular flexibility index (Phi) is 5.19. The molecule has 0 fully saturated rings. The van der Waals surface area contributed by atoms with E-state index in [4.69, 9.17) is 21.3 Å². The van der Waals surface area contributed by atoms with Gasteiger partial charge in [-0.25, -0.2) is 4.98 Å². The van der Waals surface area contributed by atoms with Crippen molar-refractivity contribution in [2.24, 2.45) is 0 Å². The van der Waals surface area contributed by atoms with Gasteiger partial charge in [0, 0.05) is 42.0 Å². The van der Waals surface area contributed by atoms with Gasteiger partial charge in [0.15, 0.2) is 0 Å². The first kappa shape index (κ1) is 19.8. The summed E-state index contributed by atoms with van der Waals surface area (Å²) in [6, 6.07) is 8.25. The smallest absolute Gasteiger partial charge is 0.255 e. The summed E-state index contributed by atoms with van der Waals surface area (Å²) in [4.78, 5) is 34.9. The fourth-order valence-corrected chi connectivity index (χ4v) is 4.48. The molecule has 2 aromatic heterocycles. The maximum atomic E-state index is 13.2. The van der Waals surface area contributed by atoms with E-state index >= 15 is 0 Å². The molecule has 0 spiro atoms. The zero-order valence-corrected chi connectivity index (χ0v) is 17.6. The summed E-state index contributed by atoms with van der Waals surface area (Å²) in [6.45, 7) is 1.12. The number of rotatable bonds is 3. The highest BCUT2D eigenvalue weighted by Crippen LogP contribution is 2.33. The van der Waals surface area contributed by atoms with E-state index in [0.717, 1.165) is 30.4 Å². The maximum Gasteiger partial charge on any atom is 0.255 e. The molecule has 0 radical (unpaired) electrons. The molecule has 0 saturated carbocycles. The minimum Gasteiger partial charge on any atom is -0.492 e. The molecule has 0 saturated heterocycles. The monoisotopic (exact) mass is 436 g/mol. The Morgan fingerprint density at radius 2 is 2.03 bits per heavy atom. The van der Waals surface area contributed by atoms with Crippen molar-refractivity contribution in [1.82, 2.24) is 19.9 Å². The van der Waals surface area contributed by atoms with Gasteiger partial charge in [0.25, 0.3) is 11.5 Å². The zero-order chi connectivity index (χ0) is 21.4. The second kappa shape index (κ2) is 8.15. The van der Waals surface area contributed by atoms with Crippen LogP contribution in [0.3, 0.4) is 0 Å². The number of ether oxygens (including phenoxy) is 1. The molecule has 1 aromatic carbocycles. The molecule has 158 valence electrons. The van der Waals surface area contributed by atoms with Crippen LogP contribution in [0.25, 0.3) is 11.3 Å². The number of halogens is 1. The summed E-state index contributed by atoms with van der Waals surface area (Å²) >= 11 is 6.23. The number of carbonyl (C=O) groups excluding carboxylic acids is 1. The minimum atomic E-state index is -0.388. The van der Waals surface area contributed by atoms with Crippen molar-refractivity contribution in [3.05, 3.63) is 75.1 Å². The number of aromatic nitrogens is 3. The largest absolute Gasteiger partial charge is 0.492 e. The fourth-order valence-electron chi connectivity index (χ4n) is 4.24. The average molecular weight is 437 g/mol. The van der Waals surface area contributed by atoms with Crippen molar-refractivity contribution >= 4 is 17.5 Å². The summed E-state index contributed by atoms with van der Waals surface area (Å²) in [7, 11) is 0. The zero-order valence-electron chi connectivity index (χ0n) is 16.8. The summed E-state index contributed by atoms with van der Waals surface area (Å²) in [5.41, 5.74) is 2.62. The third-order valence-corrected chi connectivity index (χ3v) is 5.97. The normalized spacial score (nSPS) is 17.3. The van der Waals surface area contributed by atoms with Crippen LogP contribution < -0.4 is 15.6 Å². The van der Waals surface area contributed by atoms with Crippen molar-refractivity contribution < 1.29 is 9.53 Å². The molecular formula is C23H21ClN4O3. The van der Waals surface area contributed by atoms with Gasteiger partial charge in [-0.3, -0.25) is 19.1 Å². The van der Waals surface area contributed by atoms with E-state index in [0.29, 0.717) is 47.4 Å². The Bertz CT molecular complexity index is 1210. The molecule has 0 bridgehead atoms. The number of fused-ring (bicyclic) bond motifs is 2. The van der Waals surface area contributed by atoms with Crippen molar-refractivity contribution in [3.63, 3.8) is 0 Å². The van der Waals surface area contributed by atoms with E-state index in [2.05, 4.69) is 10.3 Å². The van der Waals surface area contributed by atoms with E-state index in [1.165, 1.54) is 0 Å². The number of amides is 1. The number of carbonyl (C=O) groups is 1. The van der Waals surface area contributed by atoms with Crippen LogP contribution in [-0.2, 0) is 13.0 Å². The molecule has 7 nitrogen and oxygen atoms in total. The topological polar surface area (TPSA) is 86.1 Å². The van der Waals surface area contributed by atoms with Gasteiger partial charge in [-0.1, -0.05) is 11.6 Å². The molecule has 8 heteroatoms. The van der Waals surface area contributed by atoms with Gasteiger partial charge in [-0.05, 0) is 49.1 Å². The van der Waals surface area contributed by atoms with Crippen molar-refractivity contribution in [3.8, 4) is 17.0 Å². The molecule has 5 rings (SSSR count). The van der Waals surface area contributed by atoms with Crippen LogP contribution in [0.4, 0.5) is 0 Å². The number of pyridine rings is 1. The van der Waals surface area contributed by atoms with Gasteiger partial charge in [0.2, 0.25) is 0 Å². The lowest BCUT2D eigenvalue weighted by molar-refractivity contribution is 0.0929. The van der Waals surface area contributed by atoms with Gasteiger partial charge < -0.3 is 10.1 Å². The van der Waals surface area contributed by atoms with Crippen LogP contribution in [0.5, 0.6) is 5.75 Å². The summed E-state index contributed by atoms with van der Waals surface area (Å²) in [5, 5.41) is 3.59.